The number of fused-ring (bicyclic) bond motifs is 1. The highest BCUT2D eigenvalue weighted by Crippen LogP contribution is 2.17. The number of carbonyl (C=O) groups is 1. The molecule has 0 aliphatic carbocycles. The van der Waals surface area contributed by atoms with E-state index >= 15 is 0 Å². The van der Waals surface area contributed by atoms with Crippen molar-refractivity contribution < 1.29 is 23.0 Å². The lowest BCUT2D eigenvalue weighted by atomic mass is 10.2. The third kappa shape index (κ3) is 4.02. The molecule has 10 heteroatoms. The summed E-state index contributed by atoms with van der Waals surface area (Å²) in [6, 6.07) is 5.44. The van der Waals surface area contributed by atoms with Gasteiger partial charge < -0.3 is 19.8 Å². The zero-order chi connectivity index (χ0) is 18.5. The lowest BCUT2D eigenvalue weighted by Gasteiger charge is -2.08. The topological polar surface area (TPSA) is 105 Å². The van der Waals surface area contributed by atoms with Gasteiger partial charge in [0.1, 0.15) is 17.6 Å². The van der Waals surface area contributed by atoms with E-state index in [0.717, 1.165) is 0 Å². The minimum Gasteiger partial charge on any atom is -0.462 e. The molecule has 0 radical (unpaired) electrons. The second kappa shape index (κ2) is 7.72. The standard InChI is InChI=1S/C16H15F2N5O3/c17-16(18)26-11-4-1-3-10(7-11)15(24)25-6-2-5-23-9-22-12-13(19)20-8-21-14(12)23/h1,3-4,7-9,16H,2,5-6H2,(H2,19,20,21). The number of nitrogen functional groups attached to an aromatic ring is 1. The molecular weight excluding hydrogens is 348 g/mol. The maximum Gasteiger partial charge on any atom is 0.387 e. The lowest BCUT2D eigenvalue weighted by molar-refractivity contribution is -0.0499. The predicted octanol–water partition coefficient (Wildman–Crippen LogP) is 2.26. The van der Waals surface area contributed by atoms with Crippen LogP contribution in [0.3, 0.4) is 0 Å². The molecule has 0 unspecified atom stereocenters. The maximum atomic E-state index is 12.2. The molecule has 3 rings (SSSR count). The van der Waals surface area contributed by atoms with Crippen LogP contribution in [0, 0.1) is 0 Å². The van der Waals surface area contributed by atoms with Gasteiger partial charge in [0.15, 0.2) is 11.5 Å². The summed E-state index contributed by atoms with van der Waals surface area (Å²) in [4.78, 5) is 24.1. The summed E-state index contributed by atoms with van der Waals surface area (Å²) in [7, 11) is 0. The van der Waals surface area contributed by atoms with Crippen LogP contribution < -0.4 is 10.5 Å². The molecule has 3 aromatic rings. The third-order valence-electron chi connectivity index (χ3n) is 3.50. The highest BCUT2D eigenvalue weighted by molar-refractivity contribution is 5.89. The molecule has 2 heterocycles. The van der Waals surface area contributed by atoms with Crippen LogP contribution in [0.2, 0.25) is 0 Å². The first-order chi connectivity index (χ1) is 12.5. The van der Waals surface area contributed by atoms with Crippen LogP contribution in [-0.4, -0.2) is 38.7 Å². The van der Waals surface area contributed by atoms with Crippen LogP contribution in [0.4, 0.5) is 14.6 Å². The number of halogens is 2. The van der Waals surface area contributed by atoms with Crippen LogP contribution in [0.1, 0.15) is 16.8 Å². The summed E-state index contributed by atoms with van der Waals surface area (Å²) >= 11 is 0. The van der Waals surface area contributed by atoms with Gasteiger partial charge in [-0.2, -0.15) is 8.78 Å². The predicted molar refractivity (Wildman–Crippen MR) is 87.7 cm³/mol. The maximum absolute atomic E-state index is 12.2. The molecule has 2 aromatic heterocycles. The van der Waals surface area contributed by atoms with Gasteiger partial charge in [-0.25, -0.2) is 19.7 Å². The van der Waals surface area contributed by atoms with E-state index in [1.54, 1.807) is 10.9 Å². The molecule has 0 saturated carbocycles. The normalized spacial score (nSPS) is 11.0. The molecule has 0 bridgehead atoms. The largest absolute Gasteiger partial charge is 0.462 e. The van der Waals surface area contributed by atoms with Crippen LogP contribution >= 0.6 is 0 Å². The van der Waals surface area contributed by atoms with Crippen molar-refractivity contribution in [1.82, 2.24) is 19.5 Å². The van der Waals surface area contributed by atoms with Gasteiger partial charge in [-0.3, -0.25) is 0 Å². The van der Waals surface area contributed by atoms with Gasteiger partial charge >= 0.3 is 12.6 Å². The molecular formula is C16H15F2N5O3. The van der Waals surface area contributed by atoms with E-state index in [9.17, 15) is 13.6 Å². The average Bonchev–Trinajstić information content (AvgIpc) is 3.03. The Morgan fingerprint density at radius 1 is 1.27 bits per heavy atom. The summed E-state index contributed by atoms with van der Waals surface area (Å²) in [6.07, 6.45) is 3.45. The van der Waals surface area contributed by atoms with Crippen molar-refractivity contribution in [3.8, 4) is 5.75 Å². The summed E-state index contributed by atoms with van der Waals surface area (Å²) in [6.45, 7) is -2.31. The van der Waals surface area contributed by atoms with Crippen LogP contribution in [0.25, 0.3) is 11.2 Å². The second-order valence-electron chi connectivity index (χ2n) is 5.26. The van der Waals surface area contributed by atoms with Gasteiger partial charge in [-0.05, 0) is 24.6 Å². The van der Waals surface area contributed by atoms with Gasteiger partial charge in [0.2, 0.25) is 0 Å². The fourth-order valence-corrected chi connectivity index (χ4v) is 2.34. The number of rotatable bonds is 7. The Labute approximate surface area is 146 Å². The number of imidazole rings is 1. The number of hydrogen-bond acceptors (Lipinski definition) is 7. The van der Waals surface area contributed by atoms with Gasteiger partial charge in [-0.15, -0.1) is 0 Å². The Morgan fingerprint density at radius 3 is 2.92 bits per heavy atom. The van der Waals surface area contributed by atoms with Gasteiger partial charge in [0, 0.05) is 6.54 Å². The highest BCUT2D eigenvalue weighted by Gasteiger charge is 2.11. The first-order valence-electron chi connectivity index (χ1n) is 7.68. The lowest BCUT2D eigenvalue weighted by Crippen LogP contribution is -2.09. The number of nitrogens with two attached hydrogens (primary N) is 1. The van der Waals surface area contributed by atoms with E-state index in [1.807, 2.05) is 0 Å². The Morgan fingerprint density at radius 2 is 2.12 bits per heavy atom. The van der Waals surface area contributed by atoms with E-state index in [0.29, 0.717) is 29.9 Å². The Balaban J connectivity index is 1.53. The quantitative estimate of drug-likeness (QED) is 0.507. The minimum atomic E-state index is -2.95. The highest BCUT2D eigenvalue weighted by atomic mass is 19.3. The van der Waals surface area contributed by atoms with Crippen molar-refractivity contribution >= 4 is 23.0 Å². The number of ether oxygens (including phenoxy) is 2. The summed E-state index contributed by atoms with van der Waals surface area (Å²) < 4.78 is 35.6. The molecule has 2 N–H and O–H groups in total. The number of aromatic nitrogens is 4. The molecule has 0 fully saturated rings. The molecule has 0 aliphatic rings. The molecule has 0 spiro atoms. The average molecular weight is 363 g/mol. The SMILES string of the molecule is Nc1ncnc2c1ncn2CCCOC(=O)c1cccc(OC(F)F)c1. The molecule has 0 saturated heterocycles. The fraction of sp³-hybridized carbons (Fsp3) is 0.250. The van der Waals surface area contributed by atoms with Crippen molar-refractivity contribution in [3.05, 3.63) is 42.5 Å². The van der Waals surface area contributed by atoms with Crippen LogP contribution in [0.15, 0.2) is 36.9 Å². The fourth-order valence-electron chi connectivity index (χ4n) is 2.34. The van der Waals surface area contributed by atoms with Crippen LogP contribution in [0.5, 0.6) is 5.75 Å². The Kier molecular flexibility index (Phi) is 5.20. The number of alkyl halides is 2. The molecule has 8 nitrogen and oxygen atoms in total. The summed E-state index contributed by atoms with van der Waals surface area (Å²) in [5, 5.41) is 0. The molecule has 0 atom stereocenters. The minimum absolute atomic E-state index is 0.100. The molecule has 0 amide bonds. The molecule has 1 aromatic carbocycles. The van der Waals surface area contributed by atoms with Crippen molar-refractivity contribution in [1.29, 1.82) is 0 Å². The number of benzene rings is 1. The van der Waals surface area contributed by atoms with Crippen molar-refractivity contribution in [2.75, 3.05) is 12.3 Å². The monoisotopic (exact) mass is 363 g/mol. The van der Waals surface area contributed by atoms with E-state index in [4.69, 9.17) is 10.5 Å². The number of carbonyl (C=O) groups excluding carboxylic acids is 1. The van der Waals surface area contributed by atoms with Gasteiger partial charge in [-0.1, -0.05) is 6.07 Å². The molecule has 136 valence electrons. The van der Waals surface area contributed by atoms with E-state index in [-0.39, 0.29) is 17.9 Å². The Bertz CT molecular complexity index is 916. The van der Waals surface area contributed by atoms with E-state index in [2.05, 4.69) is 19.7 Å². The summed E-state index contributed by atoms with van der Waals surface area (Å²) in [5.74, 6) is -0.422. The number of nitrogens with zero attached hydrogens (tertiary/aromatic N) is 4. The molecule has 26 heavy (non-hydrogen) atoms. The summed E-state index contributed by atoms with van der Waals surface area (Å²) in [5.41, 5.74) is 6.97. The number of esters is 1. The zero-order valence-electron chi connectivity index (χ0n) is 13.5. The Hall–Kier alpha value is -3.30. The van der Waals surface area contributed by atoms with Crippen molar-refractivity contribution in [3.63, 3.8) is 0 Å². The number of hydrogen-bond donors (Lipinski definition) is 1. The van der Waals surface area contributed by atoms with Crippen LogP contribution in [-0.2, 0) is 11.3 Å². The number of anilines is 1. The van der Waals surface area contributed by atoms with Gasteiger partial charge in [0.25, 0.3) is 0 Å². The molecule has 0 aliphatic heterocycles. The first-order valence-corrected chi connectivity index (χ1v) is 7.68. The number of aryl methyl sites for hydroxylation is 1. The van der Waals surface area contributed by atoms with E-state index in [1.165, 1.54) is 30.6 Å². The van der Waals surface area contributed by atoms with Crippen molar-refractivity contribution in [2.45, 2.75) is 19.6 Å². The van der Waals surface area contributed by atoms with E-state index < -0.39 is 12.6 Å². The smallest absolute Gasteiger partial charge is 0.387 e. The van der Waals surface area contributed by atoms with Crippen molar-refractivity contribution in [2.24, 2.45) is 0 Å². The van der Waals surface area contributed by atoms with Gasteiger partial charge in [0.05, 0.1) is 18.5 Å². The first kappa shape index (κ1) is 17.5. The third-order valence-corrected chi connectivity index (χ3v) is 3.50. The second-order valence-corrected chi connectivity index (χ2v) is 5.26. The zero-order valence-corrected chi connectivity index (χ0v) is 13.5.